The lowest BCUT2D eigenvalue weighted by Crippen LogP contribution is -2.49. The van der Waals surface area contributed by atoms with E-state index < -0.39 is 0 Å². The SMILES string of the molecule is CN1C2CCCCCCCCCCCC2CCCC2CCCCCCCCCCCC21. The van der Waals surface area contributed by atoms with E-state index in [0.717, 1.165) is 23.9 Å². The average molecular weight is 432 g/mol. The Hall–Kier alpha value is -0.0400. The van der Waals surface area contributed by atoms with Gasteiger partial charge in [0, 0.05) is 12.1 Å². The predicted molar refractivity (Wildman–Crippen MR) is 138 cm³/mol. The molecule has 182 valence electrons. The molecule has 4 atom stereocenters. The minimum Gasteiger partial charge on any atom is -0.300 e. The average Bonchev–Trinajstić information content (AvgIpc) is 2.81. The Morgan fingerprint density at radius 3 is 0.935 bits per heavy atom. The van der Waals surface area contributed by atoms with Crippen molar-refractivity contribution in [1.82, 2.24) is 4.90 Å². The first kappa shape index (κ1) is 25.6. The van der Waals surface area contributed by atoms with Crippen LogP contribution in [0.3, 0.4) is 0 Å². The fourth-order valence-electron chi connectivity index (χ4n) is 7.49. The molecule has 0 bridgehead atoms. The van der Waals surface area contributed by atoms with Gasteiger partial charge < -0.3 is 0 Å². The summed E-state index contributed by atoms with van der Waals surface area (Å²) < 4.78 is 0. The molecule has 0 aromatic heterocycles. The lowest BCUT2D eigenvalue weighted by molar-refractivity contribution is 0.0403. The van der Waals surface area contributed by atoms with Crippen LogP contribution < -0.4 is 0 Å². The quantitative estimate of drug-likeness (QED) is 0.369. The highest BCUT2D eigenvalue weighted by molar-refractivity contribution is 4.89. The molecule has 0 aromatic rings. The smallest absolute Gasteiger partial charge is 0.0123 e. The second kappa shape index (κ2) is 15.7. The molecule has 2 aliphatic carbocycles. The molecule has 0 amide bonds. The fraction of sp³-hybridized carbons (Fsp3) is 1.00. The largest absolute Gasteiger partial charge is 0.300 e. The van der Waals surface area contributed by atoms with Crippen LogP contribution >= 0.6 is 0 Å². The highest BCUT2D eigenvalue weighted by Crippen LogP contribution is 2.38. The van der Waals surface area contributed by atoms with Crippen LogP contribution in [-0.4, -0.2) is 24.0 Å². The van der Waals surface area contributed by atoms with Crippen LogP contribution in [0.4, 0.5) is 0 Å². The van der Waals surface area contributed by atoms with Crippen LogP contribution in [0.25, 0.3) is 0 Å². The van der Waals surface area contributed by atoms with Gasteiger partial charge in [0.1, 0.15) is 0 Å². The summed E-state index contributed by atoms with van der Waals surface area (Å²) in [5.74, 6) is 1.97. The van der Waals surface area contributed by atoms with Gasteiger partial charge in [0.25, 0.3) is 0 Å². The molecule has 3 rings (SSSR count). The Labute approximate surface area is 196 Å². The molecule has 31 heavy (non-hydrogen) atoms. The molecule has 2 saturated carbocycles. The fourth-order valence-corrected chi connectivity index (χ4v) is 7.49. The first-order chi connectivity index (χ1) is 15.4. The maximum absolute atomic E-state index is 3.01. The zero-order chi connectivity index (χ0) is 21.6. The van der Waals surface area contributed by atoms with Gasteiger partial charge in [0.05, 0.1) is 0 Å². The number of rotatable bonds is 0. The maximum Gasteiger partial charge on any atom is 0.0123 e. The summed E-state index contributed by atoms with van der Waals surface area (Å²) in [7, 11) is 2.58. The van der Waals surface area contributed by atoms with Gasteiger partial charge in [0.2, 0.25) is 0 Å². The second-order valence-corrected chi connectivity index (χ2v) is 11.8. The minimum atomic E-state index is 0.879. The van der Waals surface area contributed by atoms with E-state index in [1.807, 2.05) is 0 Å². The van der Waals surface area contributed by atoms with Crippen LogP contribution in [0.2, 0.25) is 0 Å². The monoisotopic (exact) mass is 431 g/mol. The molecule has 1 heterocycles. The first-order valence-electron chi connectivity index (χ1n) is 15.1. The van der Waals surface area contributed by atoms with Gasteiger partial charge in [-0.3, -0.25) is 4.90 Å². The van der Waals surface area contributed by atoms with E-state index in [2.05, 4.69) is 11.9 Å². The van der Waals surface area contributed by atoms with Crippen LogP contribution in [0.15, 0.2) is 0 Å². The van der Waals surface area contributed by atoms with Gasteiger partial charge in [-0.2, -0.15) is 0 Å². The number of hydrogen-bond acceptors (Lipinski definition) is 1. The molecule has 1 heteroatoms. The van der Waals surface area contributed by atoms with Crippen molar-refractivity contribution in [2.45, 2.75) is 173 Å². The molecule has 0 spiro atoms. The maximum atomic E-state index is 3.01. The number of nitrogens with zero attached hydrogens (tertiary/aromatic N) is 1. The number of fused-ring (bicyclic) bond motifs is 2. The molecule has 0 aromatic carbocycles. The topological polar surface area (TPSA) is 3.24 Å². The third-order valence-corrected chi connectivity index (χ3v) is 9.43. The van der Waals surface area contributed by atoms with E-state index in [1.54, 1.807) is 0 Å². The Kier molecular flexibility index (Phi) is 13.0. The first-order valence-corrected chi connectivity index (χ1v) is 15.1. The van der Waals surface area contributed by atoms with Crippen molar-refractivity contribution in [3.8, 4) is 0 Å². The molecule has 1 saturated heterocycles. The Morgan fingerprint density at radius 2 is 0.581 bits per heavy atom. The van der Waals surface area contributed by atoms with Crippen molar-refractivity contribution in [2.75, 3.05) is 7.05 Å². The lowest BCUT2D eigenvalue weighted by atomic mass is 9.77. The van der Waals surface area contributed by atoms with Crippen LogP contribution in [0.1, 0.15) is 161 Å². The normalized spacial score (nSPS) is 35.1. The van der Waals surface area contributed by atoms with Crippen molar-refractivity contribution in [1.29, 1.82) is 0 Å². The molecular formula is C30H57N. The molecular weight excluding hydrogens is 374 g/mol. The van der Waals surface area contributed by atoms with Crippen molar-refractivity contribution in [2.24, 2.45) is 11.8 Å². The summed E-state index contributed by atoms with van der Waals surface area (Å²) in [4.78, 5) is 3.01. The number of hydrogen-bond donors (Lipinski definition) is 0. The zero-order valence-corrected chi connectivity index (χ0v) is 21.4. The Balaban J connectivity index is 1.68. The van der Waals surface area contributed by atoms with E-state index in [-0.39, 0.29) is 0 Å². The van der Waals surface area contributed by atoms with Crippen LogP contribution in [0, 0.1) is 11.8 Å². The molecule has 0 N–H and O–H groups in total. The van der Waals surface area contributed by atoms with Crippen molar-refractivity contribution in [3.05, 3.63) is 0 Å². The summed E-state index contributed by atoms with van der Waals surface area (Å²) >= 11 is 0. The van der Waals surface area contributed by atoms with Crippen LogP contribution in [-0.2, 0) is 0 Å². The standard InChI is InChI=1S/C30H57N/c1-31-29-25-18-14-10-6-2-4-8-12-16-21-27(29)23-20-24-28-22-17-13-9-5-3-7-11-15-19-26-30(28)31/h27-30H,2-26H2,1H3. The van der Waals surface area contributed by atoms with Crippen molar-refractivity contribution < 1.29 is 0 Å². The molecule has 4 unspecified atom stereocenters. The minimum absolute atomic E-state index is 0.879. The van der Waals surface area contributed by atoms with Crippen molar-refractivity contribution in [3.63, 3.8) is 0 Å². The highest BCUT2D eigenvalue weighted by Gasteiger charge is 2.35. The van der Waals surface area contributed by atoms with E-state index >= 15 is 0 Å². The summed E-state index contributed by atoms with van der Waals surface area (Å²) in [6, 6.07) is 1.76. The van der Waals surface area contributed by atoms with Crippen LogP contribution in [0.5, 0.6) is 0 Å². The molecule has 1 aliphatic heterocycles. The Bertz CT molecular complexity index is 394. The van der Waals surface area contributed by atoms with Gasteiger partial charge in [-0.05, 0) is 57.4 Å². The lowest BCUT2D eigenvalue weighted by Gasteiger charge is -2.45. The summed E-state index contributed by atoms with van der Waals surface area (Å²) in [6.45, 7) is 0. The van der Waals surface area contributed by atoms with Gasteiger partial charge in [-0.15, -0.1) is 0 Å². The molecule has 3 fully saturated rings. The molecule has 0 radical (unpaired) electrons. The van der Waals surface area contributed by atoms with Gasteiger partial charge in [-0.25, -0.2) is 0 Å². The second-order valence-electron chi connectivity index (χ2n) is 11.8. The summed E-state index contributed by atoms with van der Waals surface area (Å²) in [6.07, 6.45) is 37.5. The van der Waals surface area contributed by atoms with E-state index in [4.69, 9.17) is 0 Å². The van der Waals surface area contributed by atoms with Crippen molar-refractivity contribution >= 4 is 0 Å². The third kappa shape index (κ3) is 9.38. The predicted octanol–water partition coefficient (Wildman–Crippen LogP) is 9.68. The molecule has 1 nitrogen and oxygen atoms in total. The third-order valence-electron chi connectivity index (χ3n) is 9.43. The van der Waals surface area contributed by atoms with E-state index in [0.29, 0.717) is 0 Å². The Morgan fingerprint density at radius 1 is 0.323 bits per heavy atom. The zero-order valence-electron chi connectivity index (χ0n) is 21.4. The van der Waals surface area contributed by atoms with Gasteiger partial charge in [0.15, 0.2) is 0 Å². The van der Waals surface area contributed by atoms with Gasteiger partial charge in [-0.1, -0.05) is 122 Å². The van der Waals surface area contributed by atoms with E-state index in [9.17, 15) is 0 Å². The van der Waals surface area contributed by atoms with E-state index in [1.165, 1.54) is 161 Å². The summed E-state index contributed by atoms with van der Waals surface area (Å²) in [5, 5.41) is 0. The number of likely N-dealkylation sites (tertiary alicyclic amines) is 1. The molecule has 3 aliphatic rings. The van der Waals surface area contributed by atoms with Gasteiger partial charge >= 0.3 is 0 Å². The highest BCUT2D eigenvalue weighted by atomic mass is 15.2. The summed E-state index contributed by atoms with van der Waals surface area (Å²) in [5.41, 5.74) is 0.